The number of nitrogens with one attached hydrogen (secondary N) is 1. The fourth-order valence-corrected chi connectivity index (χ4v) is 3.54. The first-order chi connectivity index (χ1) is 11.7. The number of halogens is 1. The molecule has 1 aliphatic rings. The molecule has 0 aliphatic heterocycles. The van der Waals surface area contributed by atoms with Gasteiger partial charge in [-0.05, 0) is 43.4 Å². The zero-order valence-electron chi connectivity index (χ0n) is 13.7. The van der Waals surface area contributed by atoms with Gasteiger partial charge >= 0.3 is 0 Å². The van der Waals surface area contributed by atoms with Crippen molar-refractivity contribution < 1.29 is 4.74 Å². The van der Waals surface area contributed by atoms with E-state index in [2.05, 4.69) is 10.4 Å². The molecule has 1 heterocycles. The summed E-state index contributed by atoms with van der Waals surface area (Å²) in [7, 11) is 1.62. The second kappa shape index (κ2) is 7.81. The molecule has 0 atom stereocenters. The minimum atomic E-state index is -0.0166. The summed E-state index contributed by atoms with van der Waals surface area (Å²) in [6.07, 6.45) is 5.64. The molecule has 0 spiro atoms. The van der Waals surface area contributed by atoms with E-state index in [-0.39, 0.29) is 11.6 Å². The van der Waals surface area contributed by atoms with E-state index in [4.69, 9.17) is 16.3 Å². The van der Waals surface area contributed by atoms with Crippen LogP contribution in [0.3, 0.4) is 0 Å². The average molecular weight is 348 g/mol. The molecule has 1 saturated carbocycles. The fourth-order valence-electron chi connectivity index (χ4n) is 3.27. The Kier molecular flexibility index (Phi) is 5.53. The van der Waals surface area contributed by atoms with Gasteiger partial charge in [0, 0.05) is 24.8 Å². The predicted octanol–water partition coefficient (Wildman–Crippen LogP) is 3.18. The van der Waals surface area contributed by atoms with Crippen LogP contribution in [0.5, 0.6) is 5.75 Å². The molecule has 1 aliphatic carbocycles. The topological polar surface area (TPSA) is 56.1 Å². The smallest absolute Gasteiger partial charge is 0.266 e. The summed E-state index contributed by atoms with van der Waals surface area (Å²) in [4.78, 5) is 11.9. The molecule has 6 heteroatoms. The van der Waals surface area contributed by atoms with Crippen molar-refractivity contribution in [2.24, 2.45) is 0 Å². The third-order valence-electron chi connectivity index (χ3n) is 4.63. The maximum atomic E-state index is 11.9. The minimum absolute atomic E-state index is 0.0166. The number of methoxy groups -OCH3 is 1. The molecule has 1 fully saturated rings. The van der Waals surface area contributed by atoms with Crippen LogP contribution in [0.1, 0.15) is 37.3 Å². The SMILES string of the molecule is COc1cccc(CNC2CCC(n3ncccc3=O)CC2)c1Cl. The monoisotopic (exact) mass is 347 g/mol. The van der Waals surface area contributed by atoms with E-state index in [0.717, 1.165) is 37.8 Å². The molecule has 1 N–H and O–H groups in total. The molecule has 0 unspecified atom stereocenters. The van der Waals surface area contributed by atoms with Gasteiger partial charge < -0.3 is 10.1 Å². The Hall–Kier alpha value is -1.85. The van der Waals surface area contributed by atoms with Crippen molar-refractivity contribution in [3.05, 3.63) is 57.5 Å². The number of aromatic nitrogens is 2. The molecular formula is C18H22ClN3O2. The highest BCUT2D eigenvalue weighted by atomic mass is 35.5. The van der Waals surface area contributed by atoms with Crippen molar-refractivity contribution in [1.29, 1.82) is 0 Å². The Morgan fingerprint density at radius 3 is 2.75 bits per heavy atom. The lowest BCUT2D eigenvalue weighted by atomic mass is 9.91. The van der Waals surface area contributed by atoms with E-state index in [0.29, 0.717) is 16.8 Å². The van der Waals surface area contributed by atoms with E-state index in [1.807, 2.05) is 18.2 Å². The van der Waals surface area contributed by atoms with Crippen LogP contribution in [0.15, 0.2) is 41.3 Å². The summed E-state index contributed by atoms with van der Waals surface area (Å²) in [5.41, 5.74) is 1.02. The largest absolute Gasteiger partial charge is 0.495 e. The Labute approximate surface area is 146 Å². The molecule has 5 nitrogen and oxygen atoms in total. The van der Waals surface area contributed by atoms with E-state index in [9.17, 15) is 4.79 Å². The summed E-state index contributed by atoms with van der Waals surface area (Å²) in [5, 5.41) is 8.44. The first-order valence-electron chi connectivity index (χ1n) is 8.27. The average Bonchev–Trinajstić information content (AvgIpc) is 2.62. The zero-order valence-corrected chi connectivity index (χ0v) is 14.5. The normalized spacial score (nSPS) is 20.8. The van der Waals surface area contributed by atoms with E-state index >= 15 is 0 Å². The number of hydrogen-bond acceptors (Lipinski definition) is 4. The van der Waals surface area contributed by atoms with Crippen LogP contribution >= 0.6 is 11.6 Å². The maximum absolute atomic E-state index is 11.9. The van der Waals surface area contributed by atoms with Crippen LogP contribution in [0.4, 0.5) is 0 Å². The van der Waals surface area contributed by atoms with Gasteiger partial charge in [-0.2, -0.15) is 5.10 Å². The molecule has 0 saturated heterocycles. The highest BCUT2D eigenvalue weighted by molar-refractivity contribution is 6.32. The number of benzene rings is 1. The second-order valence-corrected chi connectivity index (χ2v) is 6.50. The first-order valence-corrected chi connectivity index (χ1v) is 8.65. The van der Waals surface area contributed by atoms with Gasteiger partial charge in [-0.25, -0.2) is 4.68 Å². The molecular weight excluding hydrogens is 326 g/mol. The Morgan fingerprint density at radius 2 is 2.04 bits per heavy atom. The Bertz CT molecular complexity index is 739. The standard InChI is InChI=1S/C18H22ClN3O2/c1-24-16-5-2-4-13(18(16)19)12-20-14-7-9-15(10-8-14)22-17(23)6-3-11-21-22/h2-6,11,14-15,20H,7-10,12H2,1H3. The predicted molar refractivity (Wildman–Crippen MR) is 94.6 cm³/mol. The molecule has 0 radical (unpaired) electrons. The van der Waals surface area contributed by atoms with Crippen molar-refractivity contribution in [2.75, 3.05) is 7.11 Å². The van der Waals surface area contributed by atoms with Crippen LogP contribution in [-0.4, -0.2) is 22.9 Å². The summed E-state index contributed by atoms with van der Waals surface area (Å²) in [5.74, 6) is 0.703. The summed E-state index contributed by atoms with van der Waals surface area (Å²) in [6, 6.07) is 9.72. The molecule has 0 bridgehead atoms. The second-order valence-electron chi connectivity index (χ2n) is 6.13. The summed E-state index contributed by atoms with van der Waals surface area (Å²) < 4.78 is 6.87. The third kappa shape index (κ3) is 3.79. The van der Waals surface area contributed by atoms with Crippen LogP contribution in [-0.2, 0) is 6.54 Å². The van der Waals surface area contributed by atoms with Gasteiger partial charge in [0.15, 0.2) is 0 Å². The number of hydrogen-bond donors (Lipinski definition) is 1. The van der Waals surface area contributed by atoms with Crippen molar-refractivity contribution in [1.82, 2.24) is 15.1 Å². The van der Waals surface area contributed by atoms with Gasteiger partial charge in [-0.15, -0.1) is 0 Å². The summed E-state index contributed by atoms with van der Waals surface area (Å²) >= 11 is 6.34. The molecule has 1 aromatic carbocycles. The summed E-state index contributed by atoms with van der Waals surface area (Å²) in [6.45, 7) is 0.717. The number of nitrogens with zero attached hydrogens (tertiary/aromatic N) is 2. The van der Waals surface area contributed by atoms with Crippen LogP contribution in [0, 0.1) is 0 Å². The lowest BCUT2D eigenvalue weighted by molar-refractivity contribution is 0.268. The highest BCUT2D eigenvalue weighted by Crippen LogP contribution is 2.29. The van der Waals surface area contributed by atoms with Crippen molar-refractivity contribution in [3.63, 3.8) is 0 Å². The zero-order chi connectivity index (χ0) is 16.9. The number of ether oxygens (including phenoxy) is 1. The lowest BCUT2D eigenvalue weighted by Gasteiger charge is -2.29. The van der Waals surface area contributed by atoms with Crippen molar-refractivity contribution in [2.45, 2.75) is 44.3 Å². The van der Waals surface area contributed by atoms with E-state index in [1.165, 1.54) is 0 Å². The molecule has 3 rings (SSSR count). The Morgan fingerprint density at radius 1 is 1.25 bits per heavy atom. The van der Waals surface area contributed by atoms with E-state index < -0.39 is 0 Å². The van der Waals surface area contributed by atoms with Gasteiger partial charge in [-0.3, -0.25) is 4.79 Å². The maximum Gasteiger partial charge on any atom is 0.266 e. The van der Waals surface area contributed by atoms with Gasteiger partial charge in [0.25, 0.3) is 5.56 Å². The highest BCUT2D eigenvalue weighted by Gasteiger charge is 2.23. The molecule has 128 valence electrons. The quantitative estimate of drug-likeness (QED) is 0.902. The molecule has 0 amide bonds. The molecule has 24 heavy (non-hydrogen) atoms. The molecule has 2 aromatic rings. The Balaban J connectivity index is 1.55. The lowest BCUT2D eigenvalue weighted by Crippen LogP contribution is -2.36. The van der Waals surface area contributed by atoms with Gasteiger partial charge in [-0.1, -0.05) is 23.7 Å². The third-order valence-corrected chi connectivity index (χ3v) is 5.06. The van der Waals surface area contributed by atoms with Crippen LogP contribution in [0.2, 0.25) is 5.02 Å². The van der Waals surface area contributed by atoms with Gasteiger partial charge in [0.2, 0.25) is 0 Å². The van der Waals surface area contributed by atoms with Crippen LogP contribution < -0.4 is 15.6 Å². The van der Waals surface area contributed by atoms with Gasteiger partial charge in [0.1, 0.15) is 5.75 Å². The molecule has 1 aromatic heterocycles. The fraction of sp³-hybridized carbons (Fsp3) is 0.444. The van der Waals surface area contributed by atoms with Crippen LogP contribution in [0.25, 0.3) is 0 Å². The minimum Gasteiger partial charge on any atom is -0.495 e. The van der Waals surface area contributed by atoms with E-state index in [1.54, 1.807) is 30.1 Å². The van der Waals surface area contributed by atoms with Gasteiger partial charge in [0.05, 0.1) is 18.2 Å². The first kappa shape index (κ1) is 17.0. The van der Waals surface area contributed by atoms with Crippen molar-refractivity contribution in [3.8, 4) is 5.75 Å². The number of rotatable bonds is 5. The van der Waals surface area contributed by atoms with Crippen molar-refractivity contribution >= 4 is 11.6 Å².